The fourth-order valence-electron chi connectivity index (χ4n) is 9.27. The molecule has 6 atom stereocenters. The van der Waals surface area contributed by atoms with Gasteiger partial charge in [-0.25, -0.2) is 34.0 Å². The summed E-state index contributed by atoms with van der Waals surface area (Å²) in [7, 11) is 3.46. The zero-order valence-corrected chi connectivity index (χ0v) is 32.7. The third-order valence-electron chi connectivity index (χ3n) is 12.2. The number of imidazole rings is 1. The van der Waals surface area contributed by atoms with E-state index in [0.29, 0.717) is 78.7 Å². The number of carbonyl (C=O) groups is 2. The summed E-state index contributed by atoms with van der Waals surface area (Å²) >= 11 is 0. The number of methoxy groups -OCH3 is 1. The van der Waals surface area contributed by atoms with Gasteiger partial charge in [-0.2, -0.15) is 5.10 Å². The Kier molecular flexibility index (Phi) is 8.30. The highest BCUT2D eigenvalue weighted by Gasteiger charge is 2.51. The number of likely N-dealkylation sites (N-methyl/N-ethyl adjacent to an activating group) is 1. The molecule has 3 fully saturated rings. The fourth-order valence-corrected chi connectivity index (χ4v) is 9.27. The number of hydrogen-bond acceptors (Lipinski definition) is 13. The Hall–Kier alpha value is -6.27. The number of amides is 2. The molecule has 11 rings (SSSR count). The van der Waals surface area contributed by atoms with E-state index in [1.807, 2.05) is 36.1 Å². The van der Waals surface area contributed by atoms with Crippen molar-refractivity contribution >= 4 is 45.6 Å². The molecule has 0 spiro atoms. The molecule has 1 N–H and O–H groups in total. The van der Waals surface area contributed by atoms with Gasteiger partial charge in [0.15, 0.2) is 17.9 Å². The summed E-state index contributed by atoms with van der Waals surface area (Å²) in [5.74, 6) is 1.68. The topological polar surface area (TPSA) is 171 Å². The number of aryl methyl sites for hydroxylation is 1. The molecule has 2 saturated heterocycles. The van der Waals surface area contributed by atoms with Gasteiger partial charge in [0, 0.05) is 51.5 Å². The van der Waals surface area contributed by atoms with Crippen LogP contribution in [0.5, 0.6) is 5.75 Å². The summed E-state index contributed by atoms with van der Waals surface area (Å²) in [4.78, 5) is 58.7. The molecule has 1 saturated carbocycles. The van der Waals surface area contributed by atoms with E-state index in [1.54, 1.807) is 47.1 Å². The number of fused-ring (bicyclic) bond motifs is 12. The van der Waals surface area contributed by atoms with E-state index in [1.165, 1.54) is 12.1 Å². The summed E-state index contributed by atoms with van der Waals surface area (Å²) in [6, 6.07) is 11.3. The molecule has 5 aromatic heterocycles. The van der Waals surface area contributed by atoms with Crippen LogP contribution in [0.15, 0.2) is 54.9 Å². The lowest BCUT2D eigenvalue weighted by molar-refractivity contribution is -0.141. The first-order chi connectivity index (χ1) is 28.7. The van der Waals surface area contributed by atoms with Gasteiger partial charge < -0.3 is 38.8 Å². The standard InChI is InChI=1S/C41H41FN12O5/c1-21-45-38-37-25(11-12-43-38)27-5-4-6-33(46-27)47-35-10-9-29(41(56)50(2)17-24(57-3)19-51(21)37)53(35)39-26-16-44-54-28-8-7-22(42)13-31(28)58-20-36(55)52-18-23(59-32-15-30(32)52)14-34(48-39)49-40(26)54/h4-8,11-13,16,23-24,29-30,32,35H,9-10,14-15,17-20H2,1-3H3,(H,46,47)/t23-,24+,29+,30?,32?,35?/m1/s1. The number of anilines is 2. The number of morpholine rings is 1. The maximum Gasteiger partial charge on any atom is 0.260 e. The number of hydrogen-bond donors (Lipinski definition) is 1. The van der Waals surface area contributed by atoms with Crippen LogP contribution in [0, 0.1) is 12.7 Å². The van der Waals surface area contributed by atoms with Crippen LogP contribution in [-0.2, 0) is 32.0 Å². The number of pyridine rings is 2. The number of nitrogens with zero attached hydrogens (tertiary/aromatic N) is 11. The molecule has 59 heavy (non-hydrogen) atoms. The summed E-state index contributed by atoms with van der Waals surface area (Å²) in [5.41, 5.74) is 3.90. The molecular weight excluding hydrogens is 760 g/mol. The minimum absolute atomic E-state index is 0.0289. The lowest BCUT2D eigenvalue weighted by Crippen LogP contribution is -2.51. The van der Waals surface area contributed by atoms with E-state index in [0.717, 1.165) is 29.0 Å². The quantitative estimate of drug-likeness (QED) is 0.271. The summed E-state index contributed by atoms with van der Waals surface area (Å²) < 4.78 is 37.0. The SMILES string of the molecule is CO[C@H]1CN(C)C(=O)[C@@H]2CCC(Nc3cccc(n3)-c3ccnc4nc(C)n(c34)C1)N2c1nc2nc3c1cnn3-c1ccc(F)cc1OCC(=O)N1C[C@@H](C2)OC2CC21. The zero-order chi connectivity index (χ0) is 40.1. The molecule has 17 nitrogen and oxygen atoms in total. The van der Waals surface area contributed by atoms with Gasteiger partial charge in [-0.1, -0.05) is 6.07 Å². The highest BCUT2D eigenvalue weighted by Crippen LogP contribution is 2.40. The lowest BCUT2D eigenvalue weighted by atomic mass is 10.1. The second kappa shape index (κ2) is 13.7. The van der Waals surface area contributed by atoms with Crippen molar-refractivity contribution in [2.45, 2.75) is 75.7 Å². The minimum Gasteiger partial charge on any atom is -0.481 e. The fraction of sp³-hybridized carbons (Fsp3) is 0.415. The van der Waals surface area contributed by atoms with Crippen molar-refractivity contribution in [1.82, 2.24) is 49.1 Å². The number of ether oxygens (including phenoxy) is 3. The van der Waals surface area contributed by atoms with Crippen molar-refractivity contribution in [3.05, 3.63) is 72.3 Å². The highest BCUT2D eigenvalue weighted by molar-refractivity contribution is 5.94. The summed E-state index contributed by atoms with van der Waals surface area (Å²) in [5, 5.41) is 9.01. The Labute approximate surface area is 337 Å². The first-order valence-electron chi connectivity index (χ1n) is 19.9. The number of aromatic nitrogens is 8. The van der Waals surface area contributed by atoms with E-state index >= 15 is 0 Å². The van der Waals surface area contributed by atoms with Gasteiger partial charge in [-0.3, -0.25) is 9.59 Å². The lowest BCUT2D eigenvalue weighted by Gasteiger charge is -2.35. The first-order valence-corrected chi connectivity index (χ1v) is 19.9. The number of benzene rings is 1. The van der Waals surface area contributed by atoms with E-state index in [4.69, 9.17) is 39.2 Å². The number of halogens is 1. The van der Waals surface area contributed by atoms with Crippen molar-refractivity contribution < 1.29 is 28.2 Å². The van der Waals surface area contributed by atoms with Crippen LogP contribution in [0.25, 0.3) is 39.1 Å². The van der Waals surface area contributed by atoms with E-state index in [9.17, 15) is 14.0 Å². The maximum absolute atomic E-state index is 14.8. The molecule has 3 unspecified atom stereocenters. The van der Waals surface area contributed by atoms with Crippen LogP contribution in [0.4, 0.5) is 16.0 Å². The predicted molar refractivity (Wildman–Crippen MR) is 211 cm³/mol. The molecule has 18 heteroatoms. The largest absolute Gasteiger partial charge is 0.481 e. The van der Waals surface area contributed by atoms with Crippen molar-refractivity contribution in [3.63, 3.8) is 0 Å². The normalized spacial score (nSPS) is 25.3. The Morgan fingerprint density at radius 2 is 1.92 bits per heavy atom. The number of nitrogens with one attached hydrogen (secondary N) is 1. The van der Waals surface area contributed by atoms with Crippen molar-refractivity contribution in [3.8, 4) is 22.7 Å². The summed E-state index contributed by atoms with van der Waals surface area (Å²) in [6.45, 7) is 2.75. The molecule has 9 heterocycles. The smallest absolute Gasteiger partial charge is 0.260 e. The van der Waals surface area contributed by atoms with Gasteiger partial charge in [-0.05, 0) is 56.5 Å². The van der Waals surface area contributed by atoms with Crippen LogP contribution in [0.2, 0.25) is 0 Å². The second-order valence-electron chi connectivity index (χ2n) is 16.0. The van der Waals surface area contributed by atoms with Crippen LogP contribution in [0.3, 0.4) is 0 Å². The predicted octanol–water partition coefficient (Wildman–Crippen LogP) is 3.27. The second-order valence-corrected chi connectivity index (χ2v) is 16.0. The Morgan fingerprint density at radius 3 is 2.80 bits per heavy atom. The number of carbonyl (C=O) groups excluding carboxylic acids is 2. The van der Waals surface area contributed by atoms with Crippen LogP contribution < -0.4 is 15.0 Å². The Balaban J connectivity index is 1.07. The van der Waals surface area contributed by atoms with Gasteiger partial charge in [0.2, 0.25) is 5.91 Å². The molecule has 1 aromatic carbocycles. The third-order valence-corrected chi connectivity index (χ3v) is 12.2. The molecule has 302 valence electrons. The van der Waals surface area contributed by atoms with E-state index in [-0.39, 0.29) is 48.5 Å². The third kappa shape index (κ3) is 6.02. The molecule has 1 aliphatic carbocycles. The van der Waals surface area contributed by atoms with E-state index in [2.05, 4.69) is 14.9 Å². The van der Waals surface area contributed by atoms with Crippen LogP contribution in [0.1, 0.15) is 30.9 Å². The molecule has 6 aromatic rings. The molecule has 8 bridgehead atoms. The minimum atomic E-state index is -0.640. The average molecular weight is 801 g/mol. The van der Waals surface area contributed by atoms with Crippen molar-refractivity contribution in [1.29, 1.82) is 0 Å². The molecule has 2 amide bonds. The monoisotopic (exact) mass is 800 g/mol. The van der Waals surface area contributed by atoms with Crippen LogP contribution >= 0.6 is 0 Å². The summed E-state index contributed by atoms with van der Waals surface area (Å²) in [6.07, 6.45) is 4.27. The molecule has 5 aliphatic rings. The average Bonchev–Trinajstić information content (AvgIpc) is 3.53. The van der Waals surface area contributed by atoms with Gasteiger partial charge in [0.05, 0.1) is 53.7 Å². The molecule has 4 aliphatic heterocycles. The highest BCUT2D eigenvalue weighted by atomic mass is 19.1. The van der Waals surface area contributed by atoms with Crippen LogP contribution in [-0.4, -0.2) is 131 Å². The van der Waals surface area contributed by atoms with Gasteiger partial charge in [0.1, 0.15) is 52.7 Å². The Bertz CT molecular complexity index is 2690. The maximum atomic E-state index is 14.8. The van der Waals surface area contributed by atoms with E-state index < -0.39 is 18.0 Å². The van der Waals surface area contributed by atoms with Crippen molar-refractivity contribution in [2.24, 2.45) is 0 Å². The Morgan fingerprint density at radius 1 is 1.02 bits per heavy atom. The van der Waals surface area contributed by atoms with Gasteiger partial charge in [0.25, 0.3) is 5.91 Å². The van der Waals surface area contributed by atoms with Gasteiger partial charge >= 0.3 is 0 Å². The first kappa shape index (κ1) is 35.9. The van der Waals surface area contributed by atoms with Crippen molar-refractivity contribution in [2.75, 3.05) is 44.1 Å². The molecular formula is C41H41FN12O5. The number of rotatable bonds is 2. The molecule has 0 radical (unpaired) electrons. The zero-order valence-electron chi connectivity index (χ0n) is 32.7. The van der Waals surface area contributed by atoms with Gasteiger partial charge in [-0.15, -0.1) is 0 Å².